The zero-order valence-electron chi connectivity index (χ0n) is 12.3. The number of piperazine rings is 1. The van der Waals surface area contributed by atoms with Gasteiger partial charge in [0.2, 0.25) is 0 Å². The van der Waals surface area contributed by atoms with Crippen molar-refractivity contribution in [2.45, 2.75) is 32.5 Å². The van der Waals surface area contributed by atoms with E-state index in [1.165, 1.54) is 5.56 Å². The quantitative estimate of drug-likeness (QED) is 0.900. The predicted octanol–water partition coefficient (Wildman–Crippen LogP) is 1.89. The molecule has 0 aliphatic carbocycles. The predicted molar refractivity (Wildman–Crippen MR) is 76.9 cm³/mol. The maximum atomic E-state index is 5.46. The smallest absolute Gasteiger partial charge is 0.123 e. The topological polar surface area (TPSA) is 33.7 Å². The largest absolute Gasteiger partial charge is 0.497 e. The minimum atomic E-state index is 0.527. The third-order valence-electron chi connectivity index (χ3n) is 3.85. The second-order valence-corrected chi connectivity index (χ2v) is 5.21. The Kier molecular flexibility index (Phi) is 4.66. The summed E-state index contributed by atoms with van der Waals surface area (Å²) >= 11 is 0. The van der Waals surface area contributed by atoms with E-state index in [-0.39, 0.29) is 0 Å². The van der Waals surface area contributed by atoms with Gasteiger partial charge in [0.1, 0.15) is 11.5 Å². The second kappa shape index (κ2) is 6.26. The lowest BCUT2D eigenvalue weighted by Crippen LogP contribution is -2.54. The van der Waals surface area contributed by atoms with Crippen molar-refractivity contribution in [3.05, 3.63) is 23.8 Å². The Hall–Kier alpha value is -1.26. The molecule has 0 aromatic heterocycles. The number of methoxy groups -OCH3 is 2. The molecule has 2 atom stereocenters. The Balaban J connectivity index is 2.20. The van der Waals surface area contributed by atoms with Crippen LogP contribution in [0.2, 0.25) is 0 Å². The molecule has 0 radical (unpaired) electrons. The van der Waals surface area contributed by atoms with Gasteiger partial charge in [0.05, 0.1) is 14.2 Å². The molecule has 1 saturated heterocycles. The molecule has 2 unspecified atom stereocenters. The molecule has 0 spiro atoms. The summed E-state index contributed by atoms with van der Waals surface area (Å²) in [5.41, 5.74) is 1.18. The summed E-state index contributed by atoms with van der Waals surface area (Å²) in [4.78, 5) is 2.51. The molecule has 1 aromatic rings. The SMILES string of the molecule is COc1ccc(OC)c(CN2C(C)CNCC2C)c1. The lowest BCUT2D eigenvalue weighted by Gasteiger charge is -2.39. The summed E-state index contributed by atoms with van der Waals surface area (Å²) in [6.07, 6.45) is 0. The minimum absolute atomic E-state index is 0.527. The third kappa shape index (κ3) is 3.19. The highest BCUT2D eigenvalue weighted by Crippen LogP contribution is 2.27. The lowest BCUT2D eigenvalue weighted by atomic mass is 10.1. The van der Waals surface area contributed by atoms with Gasteiger partial charge in [0, 0.05) is 37.3 Å². The van der Waals surface area contributed by atoms with Gasteiger partial charge in [-0.1, -0.05) is 0 Å². The second-order valence-electron chi connectivity index (χ2n) is 5.21. The van der Waals surface area contributed by atoms with Crippen LogP contribution in [-0.4, -0.2) is 44.3 Å². The molecule has 4 nitrogen and oxygen atoms in total. The maximum Gasteiger partial charge on any atom is 0.123 e. The molecule has 4 heteroatoms. The van der Waals surface area contributed by atoms with E-state index in [1.54, 1.807) is 14.2 Å². The molecular weight excluding hydrogens is 240 g/mol. The van der Waals surface area contributed by atoms with Crippen molar-refractivity contribution in [1.82, 2.24) is 10.2 Å². The van der Waals surface area contributed by atoms with Gasteiger partial charge in [-0.2, -0.15) is 0 Å². The number of nitrogens with zero attached hydrogens (tertiary/aromatic N) is 1. The number of hydrogen-bond donors (Lipinski definition) is 1. The van der Waals surface area contributed by atoms with Gasteiger partial charge in [0.25, 0.3) is 0 Å². The molecule has 1 N–H and O–H groups in total. The molecule has 0 amide bonds. The lowest BCUT2D eigenvalue weighted by molar-refractivity contribution is 0.107. The van der Waals surface area contributed by atoms with E-state index in [4.69, 9.17) is 9.47 Å². The number of nitrogens with one attached hydrogen (secondary N) is 1. The number of benzene rings is 1. The summed E-state index contributed by atoms with van der Waals surface area (Å²) < 4.78 is 10.8. The average molecular weight is 264 g/mol. The summed E-state index contributed by atoms with van der Waals surface area (Å²) in [6, 6.07) is 7.04. The number of ether oxygens (including phenoxy) is 2. The van der Waals surface area contributed by atoms with Gasteiger partial charge < -0.3 is 14.8 Å². The van der Waals surface area contributed by atoms with Crippen LogP contribution in [0.1, 0.15) is 19.4 Å². The van der Waals surface area contributed by atoms with Crippen molar-refractivity contribution in [1.29, 1.82) is 0 Å². The maximum absolute atomic E-state index is 5.46. The van der Waals surface area contributed by atoms with Gasteiger partial charge in [-0.05, 0) is 32.0 Å². The fraction of sp³-hybridized carbons (Fsp3) is 0.600. The Morgan fingerprint density at radius 3 is 2.42 bits per heavy atom. The molecule has 1 aliphatic rings. The van der Waals surface area contributed by atoms with E-state index in [2.05, 4.69) is 30.1 Å². The van der Waals surface area contributed by atoms with Gasteiger partial charge in [0.15, 0.2) is 0 Å². The molecule has 1 aliphatic heterocycles. The highest BCUT2D eigenvalue weighted by molar-refractivity contribution is 5.40. The van der Waals surface area contributed by atoms with E-state index in [9.17, 15) is 0 Å². The van der Waals surface area contributed by atoms with E-state index < -0.39 is 0 Å². The molecule has 2 rings (SSSR count). The van der Waals surface area contributed by atoms with Crippen LogP contribution in [0, 0.1) is 0 Å². The van der Waals surface area contributed by atoms with Crippen LogP contribution in [0.4, 0.5) is 0 Å². The summed E-state index contributed by atoms with van der Waals surface area (Å²) in [5, 5.41) is 3.45. The molecule has 106 valence electrons. The Bertz CT molecular complexity index is 413. The highest BCUT2D eigenvalue weighted by Gasteiger charge is 2.25. The first kappa shape index (κ1) is 14.2. The molecule has 0 saturated carbocycles. The van der Waals surface area contributed by atoms with Crippen molar-refractivity contribution in [3.8, 4) is 11.5 Å². The van der Waals surface area contributed by atoms with E-state index in [1.807, 2.05) is 12.1 Å². The van der Waals surface area contributed by atoms with Crippen LogP contribution in [0.25, 0.3) is 0 Å². The van der Waals surface area contributed by atoms with E-state index >= 15 is 0 Å². The standard InChI is InChI=1S/C15H24N2O2/c1-11-8-16-9-12(2)17(11)10-13-7-14(18-3)5-6-15(13)19-4/h5-7,11-12,16H,8-10H2,1-4H3. The van der Waals surface area contributed by atoms with Crippen LogP contribution in [-0.2, 0) is 6.54 Å². The van der Waals surface area contributed by atoms with Crippen LogP contribution in [0.5, 0.6) is 11.5 Å². The van der Waals surface area contributed by atoms with Crippen LogP contribution in [0.3, 0.4) is 0 Å². The Morgan fingerprint density at radius 1 is 1.16 bits per heavy atom. The third-order valence-corrected chi connectivity index (χ3v) is 3.85. The molecule has 1 heterocycles. The number of hydrogen-bond acceptors (Lipinski definition) is 4. The first-order chi connectivity index (χ1) is 9.15. The zero-order chi connectivity index (χ0) is 13.8. The monoisotopic (exact) mass is 264 g/mol. The summed E-state index contributed by atoms with van der Waals surface area (Å²) in [7, 11) is 3.41. The van der Waals surface area contributed by atoms with Crippen molar-refractivity contribution in [2.24, 2.45) is 0 Å². The Morgan fingerprint density at radius 2 is 1.84 bits per heavy atom. The van der Waals surface area contributed by atoms with Gasteiger partial charge in [-0.3, -0.25) is 4.90 Å². The van der Waals surface area contributed by atoms with Crippen molar-refractivity contribution >= 4 is 0 Å². The van der Waals surface area contributed by atoms with Crippen LogP contribution in [0.15, 0.2) is 18.2 Å². The van der Waals surface area contributed by atoms with Crippen LogP contribution < -0.4 is 14.8 Å². The van der Waals surface area contributed by atoms with Crippen molar-refractivity contribution < 1.29 is 9.47 Å². The fourth-order valence-electron chi connectivity index (χ4n) is 2.68. The van der Waals surface area contributed by atoms with E-state index in [0.717, 1.165) is 31.1 Å². The van der Waals surface area contributed by atoms with Crippen molar-refractivity contribution in [2.75, 3.05) is 27.3 Å². The van der Waals surface area contributed by atoms with Gasteiger partial charge >= 0.3 is 0 Å². The highest BCUT2D eigenvalue weighted by atomic mass is 16.5. The number of rotatable bonds is 4. The molecule has 19 heavy (non-hydrogen) atoms. The zero-order valence-corrected chi connectivity index (χ0v) is 12.3. The summed E-state index contributed by atoms with van der Waals surface area (Å²) in [6.45, 7) is 7.49. The molecular formula is C15H24N2O2. The van der Waals surface area contributed by atoms with Gasteiger partial charge in [-0.25, -0.2) is 0 Å². The van der Waals surface area contributed by atoms with E-state index in [0.29, 0.717) is 12.1 Å². The molecule has 0 bridgehead atoms. The van der Waals surface area contributed by atoms with Crippen molar-refractivity contribution in [3.63, 3.8) is 0 Å². The van der Waals surface area contributed by atoms with Crippen LogP contribution >= 0.6 is 0 Å². The average Bonchev–Trinajstić information content (AvgIpc) is 2.42. The fourth-order valence-corrected chi connectivity index (χ4v) is 2.68. The Labute approximate surface area is 115 Å². The minimum Gasteiger partial charge on any atom is -0.497 e. The first-order valence-electron chi connectivity index (χ1n) is 6.83. The normalized spacial score (nSPS) is 24.2. The summed E-state index contributed by atoms with van der Waals surface area (Å²) in [5.74, 6) is 1.81. The molecule has 1 fully saturated rings. The van der Waals surface area contributed by atoms with Gasteiger partial charge in [-0.15, -0.1) is 0 Å². The first-order valence-corrected chi connectivity index (χ1v) is 6.83. The molecule has 1 aromatic carbocycles.